The maximum absolute atomic E-state index is 14.9. The lowest BCUT2D eigenvalue weighted by atomic mass is 9.57. The standard InChI is InChI=1S/C32H40F3N3O7/c1-6-14-7-13(2)8-19(14)38(5)12-16-11-20(39)22-17(24(16)32(33,34)35)9-15-10-18-25(37(3)4)27(41)23(30(36)44)29(43)31(18,45)28(42)21(15)26(22)40/h11,13-15,18-19,25,39-40,43,45H,6-10,12H2,1-5H3,(H2,36,44)/t13?,14?,15-,18-,19-,25-,31-/m0/s1. The van der Waals surface area contributed by atoms with E-state index >= 15 is 0 Å². The summed E-state index contributed by atoms with van der Waals surface area (Å²) in [6, 6.07) is -0.322. The normalized spacial score (nSPS) is 31.9. The van der Waals surface area contributed by atoms with Crippen molar-refractivity contribution < 1.29 is 48.0 Å². The molecule has 0 spiro atoms. The Kier molecular flexibility index (Phi) is 8.15. The van der Waals surface area contributed by atoms with Crippen LogP contribution < -0.4 is 5.73 Å². The van der Waals surface area contributed by atoms with E-state index in [1.54, 1.807) is 7.05 Å². The van der Waals surface area contributed by atoms with E-state index in [9.17, 15) is 48.0 Å². The monoisotopic (exact) mass is 635 g/mol. The molecule has 2 saturated carbocycles. The molecule has 10 nitrogen and oxygen atoms in total. The summed E-state index contributed by atoms with van der Waals surface area (Å²) in [6.45, 7) is 4.06. The molecule has 0 aliphatic heterocycles. The smallest absolute Gasteiger partial charge is 0.417 e. The molecule has 0 bridgehead atoms. The largest absolute Gasteiger partial charge is 0.508 e. The van der Waals surface area contributed by atoms with Crippen LogP contribution in [0.3, 0.4) is 0 Å². The Balaban J connectivity index is 1.66. The fourth-order valence-corrected chi connectivity index (χ4v) is 8.60. The van der Waals surface area contributed by atoms with Gasteiger partial charge in [0.15, 0.2) is 11.4 Å². The molecular formula is C32H40F3N3O7. The lowest BCUT2D eigenvalue weighted by molar-refractivity contribution is -0.153. The number of aliphatic hydroxyl groups is 3. The number of fused-ring (bicyclic) bond motifs is 3. The highest BCUT2D eigenvalue weighted by Crippen LogP contribution is 2.54. The molecule has 1 aromatic carbocycles. The number of hydrogen-bond acceptors (Lipinski definition) is 9. The number of alkyl halides is 3. The molecule has 0 radical (unpaired) electrons. The molecule has 6 N–H and O–H groups in total. The van der Waals surface area contributed by atoms with Gasteiger partial charge < -0.3 is 26.2 Å². The molecular weight excluding hydrogens is 595 g/mol. The molecule has 2 unspecified atom stereocenters. The number of amides is 1. The SMILES string of the molecule is CCC1CC(C)C[C@@H]1N(C)Cc1cc(O)c2c(c1C(F)(F)F)C[C@H]1C[C@H]3[C@H](N(C)C)C(=O)C(C(N)=O)=C(O)[C@@]3(O)C(=O)C1=C2O. The Morgan fingerprint density at radius 1 is 1.11 bits per heavy atom. The Morgan fingerprint density at radius 2 is 1.76 bits per heavy atom. The molecule has 0 saturated heterocycles. The number of aliphatic hydroxyl groups excluding tert-OH is 2. The fraction of sp³-hybridized carbons (Fsp3) is 0.594. The number of Topliss-reactive ketones (excluding diaryl/α,β-unsaturated/α-hetero) is 2. The highest BCUT2D eigenvalue weighted by Gasteiger charge is 2.64. The first-order valence-corrected chi connectivity index (χ1v) is 15.2. The third-order valence-corrected chi connectivity index (χ3v) is 10.5. The fourth-order valence-electron chi connectivity index (χ4n) is 8.60. The van der Waals surface area contributed by atoms with Gasteiger partial charge in [-0.3, -0.25) is 24.2 Å². The summed E-state index contributed by atoms with van der Waals surface area (Å²) in [5, 5.41) is 45.1. The summed E-state index contributed by atoms with van der Waals surface area (Å²) in [5.74, 6) is -8.22. The molecule has 246 valence electrons. The predicted molar refractivity (Wildman–Crippen MR) is 157 cm³/mol. The minimum Gasteiger partial charge on any atom is -0.508 e. The highest BCUT2D eigenvalue weighted by atomic mass is 19.4. The van der Waals surface area contributed by atoms with Gasteiger partial charge in [-0.05, 0) is 81.8 Å². The van der Waals surface area contributed by atoms with Gasteiger partial charge in [0.25, 0.3) is 5.91 Å². The first-order valence-electron chi connectivity index (χ1n) is 15.2. The van der Waals surface area contributed by atoms with Gasteiger partial charge in [0.2, 0.25) is 5.78 Å². The lowest BCUT2D eigenvalue weighted by Gasteiger charge is -2.50. The second-order valence-electron chi connectivity index (χ2n) is 13.5. The van der Waals surface area contributed by atoms with Gasteiger partial charge >= 0.3 is 6.18 Å². The number of carbonyl (C=O) groups excluding carboxylic acids is 3. The Hall–Kier alpha value is -3.42. The van der Waals surface area contributed by atoms with E-state index in [1.807, 2.05) is 4.90 Å². The van der Waals surface area contributed by atoms with E-state index < -0.39 is 93.1 Å². The molecule has 4 aliphatic rings. The van der Waals surface area contributed by atoms with Gasteiger partial charge in [0.05, 0.1) is 17.2 Å². The summed E-state index contributed by atoms with van der Waals surface area (Å²) in [7, 11) is 4.66. The van der Waals surface area contributed by atoms with Crippen molar-refractivity contribution in [1.29, 1.82) is 0 Å². The number of likely N-dealkylation sites (N-methyl/N-ethyl adjacent to an activating group) is 1. The number of carbonyl (C=O) groups is 3. The highest BCUT2D eigenvalue weighted by molar-refractivity contribution is 6.24. The molecule has 13 heteroatoms. The zero-order chi connectivity index (χ0) is 33.5. The van der Waals surface area contributed by atoms with E-state index in [2.05, 4.69) is 13.8 Å². The van der Waals surface area contributed by atoms with Crippen LogP contribution >= 0.6 is 0 Å². The third kappa shape index (κ3) is 4.94. The number of ketones is 2. The summed E-state index contributed by atoms with van der Waals surface area (Å²) in [4.78, 5) is 42.6. The van der Waals surface area contributed by atoms with Crippen molar-refractivity contribution >= 4 is 23.2 Å². The summed E-state index contributed by atoms with van der Waals surface area (Å²) in [5.41, 5.74) is -1.15. The summed E-state index contributed by atoms with van der Waals surface area (Å²) in [6.07, 6.45) is -2.94. The zero-order valence-electron chi connectivity index (χ0n) is 25.9. The summed E-state index contributed by atoms with van der Waals surface area (Å²) >= 11 is 0. The van der Waals surface area contributed by atoms with Crippen molar-refractivity contribution in [3.63, 3.8) is 0 Å². The Bertz CT molecular complexity index is 1530. The van der Waals surface area contributed by atoms with E-state index in [4.69, 9.17) is 5.73 Å². The molecule has 7 atom stereocenters. The Labute approximate surface area is 259 Å². The molecule has 4 aliphatic carbocycles. The van der Waals surface area contributed by atoms with E-state index in [0.29, 0.717) is 11.8 Å². The van der Waals surface area contributed by atoms with Gasteiger partial charge in [-0.15, -0.1) is 0 Å². The molecule has 0 heterocycles. The van der Waals surface area contributed by atoms with E-state index in [0.717, 1.165) is 25.3 Å². The van der Waals surface area contributed by atoms with Crippen LogP contribution in [0.15, 0.2) is 23.0 Å². The van der Waals surface area contributed by atoms with Gasteiger partial charge in [-0.25, -0.2) is 0 Å². The number of halogens is 3. The first-order chi connectivity index (χ1) is 20.9. The topological polar surface area (TPSA) is 165 Å². The molecule has 1 amide bonds. The van der Waals surface area contributed by atoms with Crippen molar-refractivity contribution in [2.75, 3.05) is 21.1 Å². The van der Waals surface area contributed by atoms with Crippen molar-refractivity contribution in [2.45, 2.75) is 76.4 Å². The maximum atomic E-state index is 14.9. The van der Waals surface area contributed by atoms with E-state index in [1.165, 1.54) is 19.0 Å². The van der Waals surface area contributed by atoms with Crippen LogP contribution in [0.5, 0.6) is 5.75 Å². The molecule has 45 heavy (non-hydrogen) atoms. The Morgan fingerprint density at radius 3 is 2.31 bits per heavy atom. The molecule has 1 aromatic rings. The predicted octanol–water partition coefficient (Wildman–Crippen LogP) is 3.24. The van der Waals surface area contributed by atoms with E-state index in [-0.39, 0.29) is 30.1 Å². The maximum Gasteiger partial charge on any atom is 0.417 e. The van der Waals surface area contributed by atoms with Crippen LogP contribution in [0.25, 0.3) is 5.76 Å². The number of primary amides is 1. The number of nitrogens with two attached hydrogens (primary N) is 1. The third-order valence-electron chi connectivity index (χ3n) is 10.5. The van der Waals surface area contributed by atoms with Gasteiger partial charge in [-0.1, -0.05) is 20.3 Å². The van der Waals surface area contributed by atoms with Crippen LogP contribution in [0.2, 0.25) is 0 Å². The first kappa shape index (κ1) is 33.0. The average molecular weight is 636 g/mol. The van der Waals surface area contributed by atoms with Crippen molar-refractivity contribution in [3.05, 3.63) is 45.2 Å². The minimum atomic E-state index is -4.89. The minimum absolute atomic E-state index is 0.0515. The quantitative estimate of drug-likeness (QED) is 0.295. The number of aromatic hydroxyl groups is 1. The second kappa shape index (κ2) is 11.1. The molecule has 2 fully saturated rings. The second-order valence-corrected chi connectivity index (χ2v) is 13.5. The van der Waals surface area contributed by atoms with Crippen LogP contribution in [-0.2, 0) is 33.5 Å². The number of nitrogens with zero attached hydrogens (tertiary/aromatic N) is 2. The number of phenolic OH excluding ortho intramolecular Hbond substituents is 1. The number of rotatable bonds is 6. The number of hydrogen-bond donors (Lipinski definition) is 5. The lowest BCUT2D eigenvalue weighted by Crippen LogP contribution is -2.65. The van der Waals surface area contributed by atoms with Gasteiger partial charge in [-0.2, -0.15) is 13.2 Å². The van der Waals surface area contributed by atoms with Crippen LogP contribution in [0, 0.1) is 23.7 Å². The van der Waals surface area contributed by atoms with Gasteiger partial charge in [0.1, 0.15) is 22.8 Å². The number of benzene rings is 1. The van der Waals surface area contributed by atoms with Gasteiger partial charge in [0, 0.05) is 24.1 Å². The van der Waals surface area contributed by atoms with Crippen molar-refractivity contribution in [2.24, 2.45) is 29.4 Å². The molecule has 0 aromatic heterocycles. The summed E-state index contributed by atoms with van der Waals surface area (Å²) < 4.78 is 44.7. The average Bonchev–Trinajstić information content (AvgIpc) is 3.30. The van der Waals surface area contributed by atoms with Crippen LogP contribution in [0.1, 0.15) is 61.8 Å². The van der Waals surface area contributed by atoms with Crippen molar-refractivity contribution in [3.8, 4) is 5.75 Å². The van der Waals surface area contributed by atoms with Crippen LogP contribution in [-0.4, -0.2) is 86.5 Å². The number of phenols is 1. The van der Waals surface area contributed by atoms with Crippen molar-refractivity contribution in [1.82, 2.24) is 9.80 Å². The molecule has 5 rings (SSSR count). The van der Waals surface area contributed by atoms with Crippen LogP contribution in [0.4, 0.5) is 13.2 Å². The zero-order valence-corrected chi connectivity index (χ0v) is 25.9.